The standard InChI is InChI=1S/C35H36BrClN6O6S/c1-4-48-27-12-8-7-11-26(27)39-33(45)30-21(2)38-34-40-35(50-20-22-9-5-6-10-25(22)37)41-43(34)31(30)23-17-24(36)32(28(18-23)46-3)49-19-29(44)42-13-15-47-16-14-42/h5-12,17-18,31H,4,13-16,19-20H2,1-3H3,(H,39,45)(H,38,40,41). The van der Waals surface area contributed by atoms with E-state index in [2.05, 4.69) is 26.6 Å². The molecule has 1 aromatic heterocycles. The second-order valence-electron chi connectivity index (χ2n) is 11.3. The fourth-order valence-electron chi connectivity index (χ4n) is 5.67. The highest BCUT2D eigenvalue weighted by atomic mass is 79.9. The highest BCUT2D eigenvalue weighted by molar-refractivity contribution is 9.10. The van der Waals surface area contributed by atoms with Crippen LogP contribution >= 0.6 is 39.3 Å². The third-order valence-corrected chi connectivity index (χ3v) is 9.94. The Morgan fingerprint density at radius 3 is 2.62 bits per heavy atom. The van der Waals surface area contributed by atoms with Crippen LogP contribution in [-0.4, -0.2) is 78.1 Å². The predicted octanol–water partition coefficient (Wildman–Crippen LogP) is 6.56. The van der Waals surface area contributed by atoms with Crippen LogP contribution in [0, 0.1) is 0 Å². The Balaban J connectivity index is 1.35. The molecule has 3 heterocycles. The van der Waals surface area contributed by atoms with Gasteiger partial charge in [-0.2, -0.15) is 4.98 Å². The maximum atomic E-state index is 14.3. The molecule has 1 unspecified atom stereocenters. The number of morpholine rings is 1. The van der Waals surface area contributed by atoms with Gasteiger partial charge in [0.15, 0.2) is 18.1 Å². The summed E-state index contributed by atoms with van der Waals surface area (Å²) in [5.41, 5.74) is 3.15. The van der Waals surface area contributed by atoms with Crippen LogP contribution in [0.2, 0.25) is 5.02 Å². The summed E-state index contributed by atoms with van der Waals surface area (Å²) in [6.07, 6.45) is 0. The number of allylic oxidation sites excluding steroid dienone is 1. The molecule has 1 fully saturated rings. The van der Waals surface area contributed by atoms with Crippen molar-refractivity contribution in [1.82, 2.24) is 19.7 Å². The summed E-state index contributed by atoms with van der Waals surface area (Å²) in [4.78, 5) is 33.6. The van der Waals surface area contributed by atoms with Crippen LogP contribution in [0.4, 0.5) is 11.6 Å². The molecule has 1 atom stereocenters. The normalized spacial score (nSPS) is 15.6. The molecule has 0 spiro atoms. The molecule has 12 nitrogen and oxygen atoms in total. The number of carbonyl (C=O) groups excluding carboxylic acids is 2. The first-order chi connectivity index (χ1) is 24.3. The number of hydrogen-bond acceptors (Lipinski definition) is 10. The Morgan fingerprint density at radius 1 is 1.10 bits per heavy atom. The molecular weight excluding hydrogens is 748 g/mol. The molecule has 3 aromatic carbocycles. The number of carbonyl (C=O) groups is 2. The SMILES string of the molecule is CCOc1ccccc1NC(=O)C1=C(C)Nc2nc(SCc3ccccc3Cl)nn2C1c1cc(Br)c(OCC(=O)N2CCOCC2)c(OC)c1. The molecule has 15 heteroatoms. The van der Waals surface area contributed by atoms with Crippen molar-refractivity contribution in [3.05, 3.63) is 92.6 Å². The van der Waals surface area contributed by atoms with E-state index in [1.807, 2.05) is 56.3 Å². The van der Waals surface area contributed by atoms with E-state index >= 15 is 0 Å². The van der Waals surface area contributed by atoms with Gasteiger partial charge in [-0.15, -0.1) is 5.10 Å². The maximum absolute atomic E-state index is 14.3. The average molecular weight is 784 g/mol. The second-order valence-corrected chi connectivity index (χ2v) is 13.5. The molecule has 2 N–H and O–H groups in total. The van der Waals surface area contributed by atoms with E-state index in [1.165, 1.54) is 18.9 Å². The zero-order chi connectivity index (χ0) is 35.2. The van der Waals surface area contributed by atoms with Gasteiger partial charge in [-0.25, -0.2) is 4.68 Å². The Morgan fingerprint density at radius 2 is 1.86 bits per heavy atom. The van der Waals surface area contributed by atoms with Crippen LogP contribution in [0.1, 0.15) is 31.0 Å². The maximum Gasteiger partial charge on any atom is 0.260 e. The van der Waals surface area contributed by atoms with Crippen LogP contribution in [-0.2, 0) is 20.1 Å². The number of nitrogens with zero attached hydrogens (tertiary/aromatic N) is 4. The first-order valence-corrected chi connectivity index (χ1v) is 18.1. The number of amides is 2. The summed E-state index contributed by atoms with van der Waals surface area (Å²) in [6, 6.07) is 17.8. The summed E-state index contributed by atoms with van der Waals surface area (Å²) >= 11 is 11.5. The van der Waals surface area contributed by atoms with Crippen molar-refractivity contribution < 1.29 is 28.5 Å². The lowest BCUT2D eigenvalue weighted by molar-refractivity contribution is -0.137. The molecule has 0 aliphatic carbocycles. The van der Waals surface area contributed by atoms with Crippen molar-refractivity contribution in [3.63, 3.8) is 0 Å². The van der Waals surface area contributed by atoms with E-state index in [9.17, 15) is 9.59 Å². The van der Waals surface area contributed by atoms with Gasteiger partial charge in [0, 0.05) is 29.6 Å². The fraction of sp³-hybridized carbons (Fsp3) is 0.314. The molecule has 0 saturated carbocycles. The molecule has 6 rings (SSSR count). The zero-order valence-electron chi connectivity index (χ0n) is 27.7. The third kappa shape index (κ3) is 7.88. The number of hydrogen-bond donors (Lipinski definition) is 2. The van der Waals surface area contributed by atoms with Crippen LogP contribution in [0.5, 0.6) is 17.2 Å². The second kappa shape index (κ2) is 16.2. The van der Waals surface area contributed by atoms with Crippen molar-refractivity contribution in [1.29, 1.82) is 0 Å². The van der Waals surface area contributed by atoms with Crippen molar-refractivity contribution >= 4 is 62.7 Å². The first kappa shape index (κ1) is 35.6. The number of thioether (sulfide) groups is 1. The summed E-state index contributed by atoms with van der Waals surface area (Å²) in [5, 5.41) is 12.4. The van der Waals surface area contributed by atoms with E-state index in [0.717, 1.165) is 5.56 Å². The predicted molar refractivity (Wildman–Crippen MR) is 195 cm³/mol. The quantitative estimate of drug-likeness (QED) is 0.153. The number of para-hydroxylation sites is 2. The highest BCUT2D eigenvalue weighted by Crippen LogP contribution is 2.44. The minimum Gasteiger partial charge on any atom is -0.493 e. The third-order valence-electron chi connectivity index (χ3n) is 8.10. The molecule has 0 radical (unpaired) electrons. The van der Waals surface area contributed by atoms with Crippen LogP contribution in [0.3, 0.4) is 0 Å². The van der Waals surface area contributed by atoms with Crippen molar-refractivity contribution in [2.24, 2.45) is 0 Å². The van der Waals surface area contributed by atoms with Gasteiger partial charge in [0.25, 0.3) is 11.8 Å². The number of nitrogens with one attached hydrogen (secondary N) is 2. The fourth-order valence-corrected chi connectivity index (χ4v) is 7.36. The van der Waals surface area contributed by atoms with Crippen LogP contribution in [0.15, 0.2) is 81.6 Å². The zero-order valence-corrected chi connectivity index (χ0v) is 30.9. The summed E-state index contributed by atoms with van der Waals surface area (Å²) < 4.78 is 25.2. The number of rotatable bonds is 12. The number of fused-ring (bicyclic) bond motifs is 1. The molecule has 262 valence electrons. The topological polar surface area (TPSA) is 129 Å². The van der Waals surface area contributed by atoms with Gasteiger partial charge < -0.3 is 34.5 Å². The van der Waals surface area contributed by atoms with Crippen molar-refractivity contribution in [2.75, 3.05) is 57.3 Å². The number of halogens is 2. The van der Waals surface area contributed by atoms with Crippen molar-refractivity contribution in [2.45, 2.75) is 30.8 Å². The molecule has 2 aliphatic rings. The average Bonchev–Trinajstić information content (AvgIpc) is 3.53. The molecular formula is C35H36BrClN6O6S. The van der Waals surface area contributed by atoms with Crippen molar-refractivity contribution in [3.8, 4) is 17.2 Å². The Kier molecular flexibility index (Phi) is 11.5. The summed E-state index contributed by atoms with van der Waals surface area (Å²) in [7, 11) is 1.52. The van der Waals surface area contributed by atoms with Crippen LogP contribution < -0.4 is 24.8 Å². The molecule has 2 aliphatic heterocycles. The summed E-state index contributed by atoms with van der Waals surface area (Å²) in [6.45, 7) is 5.99. The van der Waals surface area contributed by atoms with Gasteiger partial charge in [0.1, 0.15) is 11.8 Å². The largest absolute Gasteiger partial charge is 0.493 e. The summed E-state index contributed by atoms with van der Waals surface area (Å²) in [5.74, 6) is 1.80. The van der Waals surface area contributed by atoms with Gasteiger partial charge in [-0.05, 0) is 71.2 Å². The smallest absolute Gasteiger partial charge is 0.260 e. The molecule has 2 amide bonds. The van der Waals surface area contributed by atoms with E-state index < -0.39 is 6.04 Å². The number of benzene rings is 3. The lowest BCUT2D eigenvalue weighted by Gasteiger charge is -2.29. The van der Waals surface area contributed by atoms with Gasteiger partial charge in [0.05, 0.1) is 42.7 Å². The van der Waals surface area contributed by atoms with Gasteiger partial charge in [0.2, 0.25) is 11.1 Å². The first-order valence-electron chi connectivity index (χ1n) is 16.0. The number of aromatic nitrogens is 3. The minimum atomic E-state index is -0.734. The lowest BCUT2D eigenvalue weighted by atomic mass is 9.94. The lowest BCUT2D eigenvalue weighted by Crippen LogP contribution is -2.43. The monoisotopic (exact) mass is 782 g/mol. The molecule has 0 bridgehead atoms. The van der Waals surface area contributed by atoms with Gasteiger partial charge in [-0.3, -0.25) is 9.59 Å². The van der Waals surface area contributed by atoms with E-state index in [1.54, 1.807) is 27.8 Å². The number of anilines is 2. The Bertz CT molecular complexity index is 1920. The Hall–Kier alpha value is -4.24. The van der Waals surface area contributed by atoms with E-state index in [0.29, 0.717) is 99.0 Å². The van der Waals surface area contributed by atoms with E-state index in [4.69, 9.17) is 40.6 Å². The number of ether oxygens (including phenoxy) is 4. The van der Waals surface area contributed by atoms with Crippen LogP contribution in [0.25, 0.3) is 0 Å². The van der Waals surface area contributed by atoms with Gasteiger partial charge >= 0.3 is 0 Å². The van der Waals surface area contributed by atoms with E-state index in [-0.39, 0.29) is 18.4 Å². The molecule has 4 aromatic rings. The minimum absolute atomic E-state index is 0.149. The highest BCUT2D eigenvalue weighted by Gasteiger charge is 2.36. The van der Waals surface area contributed by atoms with Gasteiger partial charge in [-0.1, -0.05) is 53.7 Å². The Labute approximate surface area is 307 Å². The molecule has 50 heavy (non-hydrogen) atoms. The number of methoxy groups -OCH3 is 1. The molecule has 1 saturated heterocycles.